The zero-order chi connectivity index (χ0) is 13.2. The molecule has 0 bridgehead atoms. The smallest absolute Gasteiger partial charge is 0.159 e. The molecule has 0 radical (unpaired) electrons. The van der Waals surface area contributed by atoms with Gasteiger partial charge in [-0.15, -0.1) is 11.3 Å². The second-order valence-electron chi connectivity index (χ2n) is 4.72. The molecule has 0 aliphatic carbocycles. The molecule has 0 atom stereocenters. The van der Waals surface area contributed by atoms with Crippen molar-refractivity contribution < 1.29 is 8.78 Å². The van der Waals surface area contributed by atoms with Crippen molar-refractivity contribution in [3.8, 4) is 11.3 Å². The van der Waals surface area contributed by atoms with E-state index in [4.69, 9.17) is 0 Å². The number of benzene rings is 1. The standard InChI is InChI=1S/C14H14F2N2S/c15-11-2-1-10(7-12(11)16)13-8-19-14(18-13)9-3-5-17-6-4-9/h1-2,7-9,17H,3-6H2. The molecule has 100 valence electrons. The number of rotatable bonds is 2. The molecule has 0 unspecified atom stereocenters. The summed E-state index contributed by atoms with van der Waals surface area (Å²) in [5, 5.41) is 6.34. The SMILES string of the molecule is Fc1ccc(-c2csc(C3CCNCC3)n2)cc1F. The molecule has 3 rings (SSSR count). The van der Waals surface area contributed by atoms with E-state index in [0.29, 0.717) is 11.5 Å². The van der Waals surface area contributed by atoms with Crippen LogP contribution in [-0.2, 0) is 0 Å². The fourth-order valence-corrected chi connectivity index (χ4v) is 3.33. The molecule has 1 N–H and O–H groups in total. The summed E-state index contributed by atoms with van der Waals surface area (Å²) in [6.07, 6.45) is 2.18. The summed E-state index contributed by atoms with van der Waals surface area (Å²) in [7, 11) is 0. The van der Waals surface area contributed by atoms with Gasteiger partial charge >= 0.3 is 0 Å². The van der Waals surface area contributed by atoms with Crippen molar-refractivity contribution in [3.05, 3.63) is 40.2 Å². The summed E-state index contributed by atoms with van der Waals surface area (Å²) in [5.41, 5.74) is 1.37. The normalized spacial score (nSPS) is 16.7. The number of hydrogen-bond donors (Lipinski definition) is 1. The van der Waals surface area contributed by atoms with Crippen LogP contribution in [0, 0.1) is 11.6 Å². The maximum atomic E-state index is 13.2. The van der Waals surface area contributed by atoms with Gasteiger partial charge in [0.05, 0.1) is 10.7 Å². The molecule has 1 fully saturated rings. The van der Waals surface area contributed by atoms with Crippen molar-refractivity contribution in [1.82, 2.24) is 10.3 Å². The molecule has 1 aliphatic heterocycles. The average Bonchev–Trinajstić information content (AvgIpc) is 2.93. The lowest BCUT2D eigenvalue weighted by molar-refractivity contribution is 0.459. The van der Waals surface area contributed by atoms with Crippen LogP contribution < -0.4 is 5.32 Å². The number of thiazole rings is 1. The van der Waals surface area contributed by atoms with Crippen LogP contribution in [-0.4, -0.2) is 18.1 Å². The van der Waals surface area contributed by atoms with Crippen molar-refractivity contribution >= 4 is 11.3 Å². The van der Waals surface area contributed by atoms with Gasteiger partial charge < -0.3 is 5.32 Å². The largest absolute Gasteiger partial charge is 0.317 e. The predicted molar refractivity (Wildman–Crippen MR) is 72.3 cm³/mol. The first-order valence-electron chi connectivity index (χ1n) is 6.35. The average molecular weight is 280 g/mol. The summed E-state index contributed by atoms with van der Waals surface area (Å²) >= 11 is 1.61. The number of piperidine rings is 1. The minimum Gasteiger partial charge on any atom is -0.317 e. The molecule has 2 aromatic rings. The van der Waals surface area contributed by atoms with E-state index in [1.54, 1.807) is 17.4 Å². The molecule has 1 aliphatic rings. The number of nitrogens with one attached hydrogen (secondary N) is 1. The Balaban J connectivity index is 1.85. The maximum Gasteiger partial charge on any atom is 0.159 e. The molecule has 0 amide bonds. The third kappa shape index (κ3) is 2.67. The van der Waals surface area contributed by atoms with E-state index in [9.17, 15) is 8.78 Å². The van der Waals surface area contributed by atoms with Crippen LogP contribution in [0.5, 0.6) is 0 Å². The summed E-state index contributed by atoms with van der Waals surface area (Å²) in [4.78, 5) is 4.58. The lowest BCUT2D eigenvalue weighted by Gasteiger charge is -2.20. The van der Waals surface area contributed by atoms with E-state index in [0.717, 1.165) is 42.7 Å². The van der Waals surface area contributed by atoms with Crippen LogP contribution in [0.2, 0.25) is 0 Å². The first-order chi connectivity index (χ1) is 9.24. The van der Waals surface area contributed by atoms with E-state index in [1.807, 2.05) is 5.38 Å². The number of halogens is 2. The van der Waals surface area contributed by atoms with Crippen LogP contribution in [0.1, 0.15) is 23.8 Å². The highest BCUT2D eigenvalue weighted by molar-refractivity contribution is 7.10. The van der Waals surface area contributed by atoms with E-state index >= 15 is 0 Å². The Kier molecular flexibility index (Phi) is 3.57. The number of hydrogen-bond acceptors (Lipinski definition) is 3. The summed E-state index contributed by atoms with van der Waals surface area (Å²) < 4.78 is 26.1. The Bertz CT molecular complexity index is 577. The van der Waals surface area contributed by atoms with Gasteiger partial charge in [0.2, 0.25) is 0 Å². The molecule has 2 heterocycles. The fraction of sp³-hybridized carbons (Fsp3) is 0.357. The minimum atomic E-state index is -0.825. The summed E-state index contributed by atoms with van der Waals surface area (Å²) in [6.45, 7) is 2.04. The third-order valence-electron chi connectivity index (χ3n) is 3.43. The van der Waals surface area contributed by atoms with Crippen molar-refractivity contribution in [2.24, 2.45) is 0 Å². The maximum absolute atomic E-state index is 13.2. The second-order valence-corrected chi connectivity index (χ2v) is 5.61. The number of aromatic nitrogens is 1. The molecule has 1 aromatic heterocycles. The van der Waals surface area contributed by atoms with E-state index in [-0.39, 0.29) is 0 Å². The predicted octanol–water partition coefficient (Wildman–Crippen LogP) is 3.56. The Morgan fingerprint density at radius 3 is 2.68 bits per heavy atom. The fourth-order valence-electron chi connectivity index (χ4n) is 2.33. The number of nitrogens with zero attached hydrogens (tertiary/aromatic N) is 1. The summed E-state index contributed by atoms with van der Waals surface area (Å²) in [5.74, 6) is -1.16. The van der Waals surface area contributed by atoms with Gasteiger partial charge in [-0.2, -0.15) is 0 Å². The van der Waals surface area contributed by atoms with Gasteiger partial charge in [-0.25, -0.2) is 13.8 Å². The monoisotopic (exact) mass is 280 g/mol. The van der Waals surface area contributed by atoms with E-state index in [1.165, 1.54) is 6.07 Å². The van der Waals surface area contributed by atoms with Gasteiger partial charge in [-0.1, -0.05) is 0 Å². The molecule has 19 heavy (non-hydrogen) atoms. The lowest BCUT2D eigenvalue weighted by Crippen LogP contribution is -2.26. The first-order valence-corrected chi connectivity index (χ1v) is 7.23. The Morgan fingerprint density at radius 2 is 1.95 bits per heavy atom. The quantitative estimate of drug-likeness (QED) is 0.910. The van der Waals surface area contributed by atoms with Gasteiger partial charge in [0.25, 0.3) is 0 Å². The Morgan fingerprint density at radius 1 is 1.16 bits per heavy atom. The topological polar surface area (TPSA) is 24.9 Å². The third-order valence-corrected chi connectivity index (χ3v) is 4.43. The van der Waals surface area contributed by atoms with E-state index in [2.05, 4.69) is 10.3 Å². The zero-order valence-corrected chi connectivity index (χ0v) is 11.1. The summed E-state index contributed by atoms with van der Waals surface area (Å²) in [6, 6.07) is 3.92. The second kappa shape index (κ2) is 5.35. The van der Waals surface area contributed by atoms with Crippen LogP contribution in [0.3, 0.4) is 0 Å². The van der Waals surface area contributed by atoms with Crippen molar-refractivity contribution in [2.45, 2.75) is 18.8 Å². The minimum absolute atomic E-state index is 0.491. The van der Waals surface area contributed by atoms with Crippen molar-refractivity contribution in [1.29, 1.82) is 0 Å². The van der Waals surface area contributed by atoms with Crippen LogP contribution in [0.25, 0.3) is 11.3 Å². The van der Waals surface area contributed by atoms with Crippen molar-refractivity contribution in [2.75, 3.05) is 13.1 Å². The molecule has 5 heteroatoms. The van der Waals surface area contributed by atoms with Gasteiger partial charge in [-0.05, 0) is 44.1 Å². The van der Waals surface area contributed by atoms with E-state index < -0.39 is 11.6 Å². The molecule has 2 nitrogen and oxygen atoms in total. The highest BCUT2D eigenvalue weighted by Gasteiger charge is 2.19. The molecular formula is C14H14F2N2S. The van der Waals surface area contributed by atoms with Crippen LogP contribution in [0.15, 0.2) is 23.6 Å². The molecule has 1 saturated heterocycles. The Hall–Kier alpha value is -1.33. The molecule has 0 spiro atoms. The highest BCUT2D eigenvalue weighted by Crippen LogP contribution is 2.31. The van der Waals surface area contributed by atoms with Crippen LogP contribution >= 0.6 is 11.3 Å². The Labute approximate surface area is 114 Å². The molecule has 1 aromatic carbocycles. The van der Waals surface area contributed by atoms with Gasteiger partial charge in [0.15, 0.2) is 11.6 Å². The zero-order valence-electron chi connectivity index (χ0n) is 10.3. The molecular weight excluding hydrogens is 266 g/mol. The van der Waals surface area contributed by atoms with Gasteiger partial charge in [0.1, 0.15) is 0 Å². The highest BCUT2D eigenvalue weighted by atomic mass is 32.1. The van der Waals surface area contributed by atoms with Crippen molar-refractivity contribution in [3.63, 3.8) is 0 Å². The van der Waals surface area contributed by atoms with Crippen LogP contribution in [0.4, 0.5) is 8.78 Å². The first kappa shape index (κ1) is 12.7. The van der Waals surface area contributed by atoms with Gasteiger partial charge in [0, 0.05) is 16.9 Å². The lowest BCUT2D eigenvalue weighted by atomic mass is 9.99. The van der Waals surface area contributed by atoms with Gasteiger partial charge in [-0.3, -0.25) is 0 Å². The molecule has 0 saturated carbocycles.